The number of amides is 2. The van der Waals surface area contributed by atoms with Gasteiger partial charge in [-0.2, -0.15) is 0 Å². The summed E-state index contributed by atoms with van der Waals surface area (Å²) in [5, 5.41) is 4.74. The van der Waals surface area contributed by atoms with Gasteiger partial charge in [-0.3, -0.25) is 9.59 Å². The average molecular weight is 415 g/mol. The van der Waals surface area contributed by atoms with Crippen LogP contribution in [0.1, 0.15) is 16.1 Å². The predicted octanol–water partition coefficient (Wildman–Crippen LogP) is 2.12. The second-order valence-corrected chi connectivity index (χ2v) is 7.94. The van der Waals surface area contributed by atoms with Crippen molar-refractivity contribution < 1.29 is 22.4 Å². The predicted molar refractivity (Wildman–Crippen MR) is 91.7 cm³/mol. The van der Waals surface area contributed by atoms with Crippen LogP contribution in [0.4, 0.5) is 5.69 Å². The monoisotopic (exact) mass is 414 g/mol. The van der Waals surface area contributed by atoms with Crippen molar-refractivity contribution >= 4 is 43.3 Å². The zero-order valence-electron chi connectivity index (χ0n) is 12.9. The van der Waals surface area contributed by atoms with Gasteiger partial charge in [-0.05, 0) is 42.8 Å². The molecule has 2 N–H and O–H groups in total. The number of hydrogen-bond acceptors (Lipinski definition) is 5. The zero-order valence-corrected chi connectivity index (χ0v) is 15.3. The molecule has 0 aliphatic rings. The van der Waals surface area contributed by atoms with Crippen LogP contribution in [0.2, 0.25) is 0 Å². The normalized spacial score (nSPS) is 11.1. The van der Waals surface area contributed by atoms with Gasteiger partial charge < -0.3 is 15.1 Å². The van der Waals surface area contributed by atoms with E-state index in [2.05, 4.69) is 26.6 Å². The maximum absolute atomic E-state index is 11.9. The molecule has 2 rings (SSSR count). The number of hydrogen-bond donors (Lipinski definition) is 2. The minimum absolute atomic E-state index is 0.178. The number of carbonyl (C=O) groups is 2. The summed E-state index contributed by atoms with van der Waals surface area (Å²) in [6, 6.07) is 7.81. The Kier molecular flexibility index (Phi) is 5.45. The van der Waals surface area contributed by atoms with Gasteiger partial charge >= 0.3 is 0 Å². The number of halogens is 1. The Morgan fingerprint density at radius 2 is 1.92 bits per heavy atom. The van der Waals surface area contributed by atoms with Gasteiger partial charge in [0.05, 0.1) is 6.54 Å². The quantitative estimate of drug-likeness (QED) is 0.779. The standard InChI is InChI=1S/C15H15BrN2O5S/c1-9-7-10(16)3-4-11(9)18-13(19)8-17-15(20)12-5-6-14(23-12)24(2,21)22/h3-7H,8H2,1-2H3,(H,17,20)(H,18,19). The molecule has 2 aromatic rings. The number of sulfone groups is 1. The molecule has 128 valence electrons. The van der Waals surface area contributed by atoms with Crippen molar-refractivity contribution in [3.05, 3.63) is 46.1 Å². The summed E-state index contributed by atoms with van der Waals surface area (Å²) in [6.45, 7) is 1.57. The Bertz CT molecular complexity index is 889. The lowest BCUT2D eigenvalue weighted by Gasteiger charge is -2.09. The summed E-state index contributed by atoms with van der Waals surface area (Å²) in [5.74, 6) is -1.26. The van der Waals surface area contributed by atoms with E-state index in [-0.39, 0.29) is 17.4 Å². The van der Waals surface area contributed by atoms with Crippen molar-refractivity contribution in [2.75, 3.05) is 18.1 Å². The van der Waals surface area contributed by atoms with Gasteiger partial charge in [0, 0.05) is 16.4 Å². The maximum Gasteiger partial charge on any atom is 0.287 e. The molecule has 0 saturated carbocycles. The Morgan fingerprint density at radius 1 is 1.21 bits per heavy atom. The highest BCUT2D eigenvalue weighted by Crippen LogP contribution is 2.19. The van der Waals surface area contributed by atoms with E-state index in [4.69, 9.17) is 4.42 Å². The van der Waals surface area contributed by atoms with Crippen LogP contribution in [0.5, 0.6) is 0 Å². The minimum Gasteiger partial charge on any atom is -0.440 e. The van der Waals surface area contributed by atoms with E-state index in [1.165, 1.54) is 12.1 Å². The summed E-state index contributed by atoms with van der Waals surface area (Å²) in [6.07, 6.45) is 0.974. The van der Waals surface area contributed by atoms with E-state index < -0.39 is 21.7 Å². The second kappa shape index (κ2) is 7.18. The Hall–Kier alpha value is -2.13. The molecule has 0 aliphatic carbocycles. The fraction of sp³-hybridized carbons (Fsp3) is 0.200. The van der Waals surface area contributed by atoms with Gasteiger partial charge in [0.25, 0.3) is 5.91 Å². The van der Waals surface area contributed by atoms with E-state index in [0.717, 1.165) is 16.3 Å². The molecule has 1 heterocycles. The number of aryl methyl sites for hydroxylation is 1. The fourth-order valence-electron chi connectivity index (χ4n) is 1.85. The summed E-state index contributed by atoms with van der Waals surface area (Å²) in [7, 11) is -3.53. The van der Waals surface area contributed by atoms with Gasteiger partial charge in [0.15, 0.2) is 5.76 Å². The third kappa shape index (κ3) is 4.68. The summed E-state index contributed by atoms with van der Waals surface area (Å²) >= 11 is 3.33. The van der Waals surface area contributed by atoms with Gasteiger partial charge in [0.1, 0.15) is 0 Å². The summed E-state index contributed by atoms with van der Waals surface area (Å²) in [4.78, 5) is 23.8. The molecule has 1 aromatic carbocycles. The van der Waals surface area contributed by atoms with Crippen LogP contribution in [0.25, 0.3) is 0 Å². The van der Waals surface area contributed by atoms with Crippen molar-refractivity contribution in [2.45, 2.75) is 12.0 Å². The molecule has 0 bridgehead atoms. The highest BCUT2D eigenvalue weighted by Gasteiger charge is 2.17. The highest BCUT2D eigenvalue weighted by molar-refractivity contribution is 9.10. The van der Waals surface area contributed by atoms with Crippen LogP contribution < -0.4 is 10.6 Å². The molecule has 0 atom stereocenters. The molecule has 0 fully saturated rings. The van der Waals surface area contributed by atoms with Crippen molar-refractivity contribution in [2.24, 2.45) is 0 Å². The first-order valence-electron chi connectivity index (χ1n) is 6.81. The van der Waals surface area contributed by atoms with E-state index in [9.17, 15) is 18.0 Å². The molecule has 0 saturated heterocycles. The summed E-state index contributed by atoms with van der Waals surface area (Å²) in [5.41, 5.74) is 1.50. The third-order valence-electron chi connectivity index (χ3n) is 3.04. The van der Waals surface area contributed by atoms with Crippen molar-refractivity contribution in [1.29, 1.82) is 0 Å². The van der Waals surface area contributed by atoms with Gasteiger partial charge in [-0.25, -0.2) is 8.42 Å². The van der Waals surface area contributed by atoms with Gasteiger partial charge in [-0.1, -0.05) is 15.9 Å². The molecule has 0 unspecified atom stereocenters. The molecule has 9 heteroatoms. The lowest BCUT2D eigenvalue weighted by atomic mass is 10.2. The SMILES string of the molecule is Cc1cc(Br)ccc1NC(=O)CNC(=O)c1ccc(S(C)(=O)=O)o1. The first-order valence-corrected chi connectivity index (χ1v) is 9.49. The van der Waals surface area contributed by atoms with Crippen LogP contribution in [0.3, 0.4) is 0 Å². The molecular weight excluding hydrogens is 400 g/mol. The molecule has 0 spiro atoms. The van der Waals surface area contributed by atoms with E-state index in [0.29, 0.717) is 5.69 Å². The molecule has 0 radical (unpaired) electrons. The van der Waals surface area contributed by atoms with E-state index in [1.54, 1.807) is 12.1 Å². The van der Waals surface area contributed by atoms with Crippen molar-refractivity contribution in [3.63, 3.8) is 0 Å². The topological polar surface area (TPSA) is 105 Å². The van der Waals surface area contributed by atoms with Crippen molar-refractivity contribution in [3.8, 4) is 0 Å². The fourth-order valence-corrected chi connectivity index (χ4v) is 2.88. The first-order chi connectivity index (χ1) is 11.2. The summed E-state index contributed by atoms with van der Waals surface area (Å²) < 4.78 is 28.5. The first kappa shape index (κ1) is 18.2. The number of benzene rings is 1. The number of carbonyl (C=O) groups excluding carboxylic acids is 2. The minimum atomic E-state index is -3.53. The number of furan rings is 1. The van der Waals surface area contributed by atoms with Crippen LogP contribution in [0.15, 0.2) is 44.3 Å². The Labute approximate surface area is 147 Å². The Morgan fingerprint density at radius 3 is 2.50 bits per heavy atom. The maximum atomic E-state index is 11.9. The number of rotatable bonds is 5. The van der Waals surface area contributed by atoms with Crippen LogP contribution in [-0.2, 0) is 14.6 Å². The van der Waals surface area contributed by atoms with Crippen LogP contribution >= 0.6 is 15.9 Å². The van der Waals surface area contributed by atoms with Gasteiger partial charge in [-0.15, -0.1) is 0 Å². The van der Waals surface area contributed by atoms with Gasteiger partial charge in [0.2, 0.25) is 20.8 Å². The van der Waals surface area contributed by atoms with Crippen molar-refractivity contribution in [1.82, 2.24) is 5.32 Å². The van der Waals surface area contributed by atoms with Crippen LogP contribution in [-0.4, -0.2) is 33.0 Å². The molecule has 24 heavy (non-hydrogen) atoms. The molecule has 2 amide bonds. The molecule has 0 aliphatic heterocycles. The number of nitrogens with one attached hydrogen (secondary N) is 2. The highest BCUT2D eigenvalue weighted by atomic mass is 79.9. The average Bonchev–Trinajstić information content (AvgIpc) is 2.98. The smallest absolute Gasteiger partial charge is 0.287 e. The largest absolute Gasteiger partial charge is 0.440 e. The van der Waals surface area contributed by atoms with Crippen LogP contribution in [0, 0.1) is 6.92 Å². The number of anilines is 1. The van der Waals surface area contributed by atoms with E-state index in [1.807, 2.05) is 13.0 Å². The Balaban J connectivity index is 1.94. The lowest BCUT2D eigenvalue weighted by Crippen LogP contribution is -2.32. The zero-order chi connectivity index (χ0) is 17.9. The third-order valence-corrected chi connectivity index (χ3v) is 4.49. The van der Waals surface area contributed by atoms with E-state index >= 15 is 0 Å². The lowest BCUT2D eigenvalue weighted by molar-refractivity contribution is -0.115. The molecule has 1 aromatic heterocycles. The molecular formula is C15H15BrN2O5S. The second-order valence-electron chi connectivity index (χ2n) is 5.08. The molecule has 7 nitrogen and oxygen atoms in total.